The Morgan fingerprint density at radius 1 is 0.509 bits per heavy atom. The molecule has 1 radical (unpaired) electrons. The maximum atomic E-state index is 13.0. The second kappa shape index (κ2) is 22.9. The SMILES string of the molecule is CCN(CC)c1ccc(/C=N/N(C)P(=S)(N(C)/N=C/c2ccc(N(CC)CC)cc2[O-])N(C)/N=C/c2ccc(N(CC)CC)cc2[O-])c([O-])c1.O.O.[Fe+3]. The summed E-state index contributed by atoms with van der Waals surface area (Å²) < 4.78 is 4.66. The second-order valence-corrected chi connectivity index (χ2v) is 15.6. The first-order chi connectivity index (χ1) is 23.9. The second-order valence-electron chi connectivity index (χ2n) is 11.4. The van der Waals surface area contributed by atoms with E-state index in [0.717, 1.165) is 56.3 Å². The van der Waals surface area contributed by atoms with Crippen molar-refractivity contribution in [2.45, 2.75) is 41.5 Å². The molecular weight excluding hydrogens is 757 g/mol. The smallest absolute Gasteiger partial charge is 0.872 e. The molecule has 0 heterocycles. The van der Waals surface area contributed by atoms with Gasteiger partial charge in [0.15, 0.2) is 0 Å². The third-order valence-electron chi connectivity index (χ3n) is 8.60. The van der Waals surface area contributed by atoms with Crippen molar-refractivity contribution < 1.29 is 43.3 Å². The maximum Gasteiger partial charge on any atom is 3.00 e. The molecule has 17 heteroatoms. The first-order valence-corrected chi connectivity index (χ1v) is 19.7. The molecule has 0 saturated carbocycles. The van der Waals surface area contributed by atoms with E-state index >= 15 is 0 Å². The predicted molar refractivity (Wildman–Crippen MR) is 216 cm³/mol. The summed E-state index contributed by atoms with van der Waals surface area (Å²) in [6.45, 7) is 13.8. The van der Waals surface area contributed by atoms with Gasteiger partial charge in [-0.05, 0) is 106 Å². The first kappa shape index (κ1) is 49.0. The molecule has 0 amide bonds. The van der Waals surface area contributed by atoms with Crippen molar-refractivity contribution in [2.24, 2.45) is 15.3 Å². The summed E-state index contributed by atoms with van der Waals surface area (Å²) in [7, 11) is 5.08. The van der Waals surface area contributed by atoms with Gasteiger partial charge >= 0.3 is 17.1 Å². The van der Waals surface area contributed by atoms with Crippen LogP contribution in [0, 0.1) is 0 Å². The Hall–Kier alpha value is -4.04. The average Bonchev–Trinajstić information content (AvgIpc) is 3.11. The zero-order chi connectivity index (χ0) is 37.0. The van der Waals surface area contributed by atoms with Crippen LogP contribution in [0.2, 0.25) is 0 Å². The molecule has 0 aliphatic rings. The molecule has 3 aromatic carbocycles. The van der Waals surface area contributed by atoms with Crippen molar-refractivity contribution in [3.63, 3.8) is 0 Å². The molecule has 3 rings (SSSR count). The van der Waals surface area contributed by atoms with E-state index in [4.69, 9.17) is 11.8 Å². The van der Waals surface area contributed by atoms with Crippen LogP contribution in [0.3, 0.4) is 0 Å². The van der Waals surface area contributed by atoms with Gasteiger partial charge in [0.25, 0.3) is 6.49 Å². The number of hydrazone groups is 3. The number of benzene rings is 3. The molecule has 0 bridgehead atoms. The molecular formula is C36H55FeN9O5PS. The van der Waals surface area contributed by atoms with Gasteiger partial charge in [-0.25, -0.2) is 14.3 Å². The Morgan fingerprint density at radius 3 is 0.925 bits per heavy atom. The van der Waals surface area contributed by atoms with Crippen LogP contribution in [-0.2, 0) is 28.9 Å². The van der Waals surface area contributed by atoms with Crippen LogP contribution in [0.15, 0.2) is 69.9 Å². The van der Waals surface area contributed by atoms with Gasteiger partial charge in [0, 0.05) is 77.5 Å². The molecule has 0 aromatic heterocycles. The number of rotatable bonds is 18. The Bertz CT molecular complexity index is 1510. The van der Waals surface area contributed by atoms with Gasteiger partial charge in [-0.3, -0.25) is 0 Å². The average molecular weight is 813 g/mol. The normalized spacial score (nSPS) is 11.2. The quantitative estimate of drug-likeness (QED) is 0.0799. The fourth-order valence-electron chi connectivity index (χ4n) is 5.45. The van der Waals surface area contributed by atoms with Crippen LogP contribution < -0.4 is 30.0 Å². The molecule has 3 aromatic rings. The van der Waals surface area contributed by atoms with E-state index in [0.29, 0.717) is 16.7 Å². The van der Waals surface area contributed by atoms with E-state index < -0.39 is 6.49 Å². The fourth-order valence-corrected chi connectivity index (χ4v) is 7.51. The van der Waals surface area contributed by atoms with Crippen molar-refractivity contribution >= 4 is 54.0 Å². The molecule has 53 heavy (non-hydrogen) atoms. The summed E-state index contributed by atoms with van der Waals surface area (Å²) in [6.07, 6.45) is 4.44. The fraction of sp³-hybridized carbons (Fsp3) is 0.417. The largest absolute Gasteiger partial charge is 3.00 e. The van der Waals surface area contributed by atoms with Gasteiger partial charge in [-0.15, -0.1) is 0 Å². The third kappa shape index (κ3) is 12.0. The monoisotopic (exact) mass is 812 g/mol. The number of nitrogens with zero attached hydrogens (tertiary/aromatic N) is 9. The van der Waals surface area contributed by atoms with Crippen LogP contribution >= 0.6 is 6.49 Å². The van der Waals surface area contributed by atoms with Crippen LogP contribution in [-0.4, -0.2) is 104 Å². The standard InChI is InChI=1S/C36H54N9O3PS.Fe.2H2O/c1-10-43(11-2)31-19-16-28(34(46)22-31)25-37-40(7)49(50,41(8)38-26-29-17-20-32(23-35(29)47)44(12-3)13-4)42(9)39-27-30-18-21-33(24-36(30)48)45(14-5)15-6;;;/h16-27,46-48H,10-15H2,1-9H3;;2*1H2/q;+3;;/p-3/b37-25+,38-26+,39-27+;;;. The molecule has 0 aliphatic heterocycles. The molecule has 0 saturated heterocycles. The van der Waals surface area contributed by atoms with Crippen molar-refractivity contribution in [3.05, 3.63) is 71.3 Å². The number of anilines is 3. The number of hydrogen-bond donors (Lipinski definition) is 0. The van der Waals surface area contributed by atoms with E-state index in [1.165, 1.54) is 18.6 Å². The maximum absolute atomic E-state index is 13.0. The van der Waals surface area contributed by atoms with Crippen LogP contribution in [0.25, 0.3) is 0 Å². The topological polar surface area (TPSA) is 189 Å². The first-order valence-electron chi connectivity index (χ1n) is 17.0. The summed E-state index contributed by atoms with van der Waals surface area (Å²) in [5.41, 5.74) is 3.76. The van der Waals surface area contributed by atoms with Crippen LogP contribution in [0.5, 0.6) is 17.2 Å². The molecule has 14 nitrogen and oxygen atoms in total. The minimum atomic E-state index is -3.14. The Kier molecular flexibility index (Phi) is 21.2. The minimum absolute atomic E-state index is 0. The van der Waals surface area contributed by atoms with Gasteiger partial charge < -0.3 is 41.0 Å². The molecule has 4 N–H and O–H groups in total. The summed E-state index contributed by atoms with van der Waals surface area (Å²) in [5.74, 6) is -0.486. The van der Waals surface area contributed by atoms with Gasteiger partial charge in [0.05, 0.1) is 18.6 Å². The Balaban J connectivity index is 0.00000901. The van der Waals surface area contributed by atoms with Gasteiger partial charge in [-0.2, -0.15) is 15.3 Å². The third-order valence-corrected chi connectivity index (χ3v) is 13.3. The predicted octanol–water partition coefficient (Wildman–Crippen LogP) is 3.22. The summed E-state index contributed by atoms with van der Waals surface area (Å²) in [6, 6.07) is 15.8. The Morgan fingerprint density at radius 2 is 0.736 bits per heavy atom. The van der Waals surface area contributed by atoms with Crippen molar-refractivity contribution in [2.75, 3.05) is 75.1 Å². The van der Waals surface area contributed by atoms with Gasteiger partial charge in [0.2, 0.25) is 0 Å². The van der Waals surface area contributed by atoms with Crippen molar-refractivity contribution in [1.29, 1.82) is 0 Å². The minimum Gasteiger partial charge on any atom is -0.872 e. The van der Waals surface area contributed by atoms with Crippen LogP contribution in [0.1, 0.15) is 58.2 Å². The Labute approximate surface area is 330 Å². The van der Waals surface area contributed by atoms with E-state index in [9.17, 15) is 15.3 Å². The summed E-state index contributed by atoms with van der Waals surface area (Å²) in [5, 5.41) is 52.8. The summed E-state index contributed by atoms with van der Waals surface area (Å²) >= 11 is 6.27. The van der Waals surface area contributed by atoms with Crippen molar-refractivity contribution in [3.8, 4) is 17.2 Å². The summed E-state index contributed by atoms with van der Waals surface area (Å²) in [4.78, 5) is 6.30. The van der Waals surface area contributed by atoms with Gasteiger partial charge in [-0.1, -0.05) is 35.4 Å². The molecule has 0 fully saturated rings. The molecule has 0 atom stereocenters. The molecule has 0 aliphatic carbocycles. The van der Waals surface area contributed by atoms with Crippen molar-refractivity contribution in [1.82, 2.24) is 14.3 Å². The number of hydrogen-bond acceptors (Lipinski definition) is 10. The zero-order valence-electron chi connectivity index (χ0n) is 32.1. The molecule has 0 spiro atoms. The molecule has 0 unspecified atom stereocenters. The van der Waals surface area contributed by atoms with Gasteiger partial charge in [0.1, 0.15) is 0 Å². The molecule has 293 valence electrons. The van der Waals surface area contributed by atoms with E-state index in [-0.39, 0.29) is 45.3 Å². The van der Waals surface area contributed by atoms with E-state index in [1.807, 2.05) is 59.7 Å². The zero-order valence-corrected chi connectivity index (χ0v) is 34.9. The van der Waals surface area contributed by atoms with E-state index in [1.54, 1.807) is 71.9 Å². The van der Waals surface area contributed by atoms with E-state index in [2.05, 4.69) is 30.0 Å². The van der Waals surface area contributed by atoms with Crippen LogP contribution in [0.4, 0.5) is 17.1 Å².